The number of nitrogens with zero attached hydrogens (tertiary/aromatic N) is 4. The van der Waals surface area contributed by atoms with Gasteiger partial charge in [0.1, 0.15) is 29.7 Å². The van der Waals surface area contributed by atoms with Gasteiger partial charge in [-0.3, -0.25) is 9.59 Å². The number of rotatable bonds is 4. The molecule has 1 fully saturated rings. The predicted molar refractivity (Wildman–Crippen MR) is 131 cm³/mol. The molecule has 40 heavy (non-hydrogen) atoms. The third-order valence-electron chi connectivity index (χ3n) is 6.41. The van der Waals surface area contributed by atoms with Crippen molar-refractivity contribution in [2.75, 3.05) is 18.8 Å². The highest BCUT2D eigenvalue weighted by molar-refractivity contribution is 6.34. The molecule has 3 N–H and O–H groups in total. The zero-order valence-corrected chi connectivity index (χ0v) is 20.8. The average Bonchev–Trinajstić information content (AvgIpc) is 3.47. The normalized spacial score (nSPS) is 17.4. The monoisotopic (exact) mass is 582 g/mol. The summed E-state index contributed by atoms with van der Waals surface area (Å²) >= 11 is 6.18. The highest BCUT2D eigenvalue weighted by Crippen LogP contribution is 2.39. The molecule has 2 aromatic heterocycles. The number of hydrogen-bond donors (Lipinski definition) is 2. The number of nitrogens with one attached hydrogen (secondary N) is 1. The van der Waals surface area contributed by atoms with Crippen molar-refractivity contribution in [3.63, 3.8) is 0 Å². The highest BCUT2D eigenvalue weighted by Gasteiger charge is 2.39. The van der Waals surface area contributed by atoms with E-state index in [0.29, 0.717) is 6.07 Å². The number of carbonyl (C=O) groups excluding carboxylic acids is 2. The molecule has 0 saturated carbocycles. The van der Waals surface area contributed by atoms with Crippen LogP contribution in [0.5, 0.6) is 0 Å². The average molecular weight is 583 g/mol. The van der Waals surface area contributed by atoms with Crippen LogP contribution in [-0.2, 0) is 6.18 Å². The van der Waals surface area contributed by atoms with Gasteiger partial charge in [-0.1, -0.05) is 17.7 Å². The van der Waals surface area contributed by atoms with E-state index in [9.17, 15) is 35.9 Å². The molecule has 0 radical (unpaired) electrons. The quantitative estimate of drug-likeness (QED) is 0.344. The first-order chi connectivity index (χ1) is 18.8. The van der Waals surface area contributed by atoms with E-state index in [1.807, 2.05) is 0 Å². The van der Waals surface area contributed by atoms with E-state index in [4.69, 9.17) is 17.3 Å². The van der Waals surface area contributed by atoms with E-state index >= 15 is 0 Å². The number of nitrogens with two attached hydrogens (primary N) is 1. The second-order valence-corrected chi connectivity index (χ2v) is 9.38. The van der Waals surface area contributed by atoms with Gasteiger partial charge in [0, 0.05) is 12.1 Å². The molecule has 2 atom stereocenters. The molecule has 2 amide bonds. The van der Waals surface area contributed by atoms with E-state index in [0.717, 1.165) is 33.9 Å². The second-order valence-electron chi connectivity index (χ2n) is 8.97. The fraction of sp³-hybridized carbons (Fsp3) is 0.200. The molecule has 0 unspecified atom stereocenters. The first-order valence-electron chi connectivity index (χ1n) is 11.5. The van der Waals surface area contributed by atoms with Gasteiger partial charge in [-0.05, 0) is 36.4 Å². The standard InChI is InChI=1S/C25H17ClF6N6O2/c26-16-3-1-11(20-7-15(25(30,31)32)21-22(33)34-10-35-38(20)21)5-13(16)23(39)36-19-9-37(8-18(19)29)24(40)14-6-12(27)2-4-17(14)28/h1-7,10,18-19H,8-9H2,(H,36,39)(H2,33,34,35)/t18-,19+/m0/s1. The van der Waals surface area contributed by atoms with Crippen LogP contribution in [0.25, 0.3) is 16.8 Å². The maximum absolute atomic E-state index is 14.8. The van der Waals surface area contributed by atoms with Crippen LogP contribution in [-0.4, -0.2) is 56.6 Å². The Morgan fingerprint density at radius 3 is 2.52 bits per heavy atom. The van der Waals surface area contributed by atoms with Crippen molar-refractivity contribution in [3.8, 4) is 11.3 Å². The Labute approximate surface area is 226 Å². The van der Waals surface area contributed by atoms with Gasteiger partial charge in [0.25, 0.3) is 11.8 Å². The van der Waals surface area contributed by atoms with Gasteiger partial charge >= 0.3 is 6.18 Å². The molecule has 3 heterocycles. The molecule has 1 aliphatic rings. The topological polar surface area (TPSA) is 106 Å². The Morgan fingerprint density at radius 2 is 1.80 bits per heavy atom. The molecular weight excluding hydrogens is 566 g/mol. The zero-order valence-electron chi connectivity index (χ0n) is 20.0. The first kappa shape index (κ1) is 27.2. The summed E-state index contributed by atoms with van der Waals surface area (Å²) in [4.78, 5) is 30.3. The van der Waals surface area contributed by atoms with Gasteiger partial charge in [-0.2, -0.15) is 18.3 Å². The van der Waals surface area contributed by atoms with Crippen molar-refractivity contribution in [2.24, 2.45) is 0 Å². The molecule has 0 aliphatic carbocycles. The number of likely N-dealkylation sites (tertiary alicyclic amines) is 1. The lowest BCUT2D eigenvalue weighted by Gasteiger charge is -2.17. The maximum Gasteiger partial charge on any atom is 0.418 e. The molecule has 5 rings (SSSR count). The van der Waals surface area contributed by atoms with Crippen molar-refractivity contribution >= 4 is 34.7 Å². The summed E-state index contributed by atoms with van der Waals surface area (Å²) in [5.74, 6) is -4.09. The Bertz CT molecular complexity index is 1660. The van der Waals surface area contributed by atoms with E-state index < -0.39 is 70.8 Å². The fourth-order valence-electron chi connectivity index (χ4n) is 4.49. The van der Waals surface area contributed by atoms with E-state index in [-0.39, 0.29) is 28.4 Å². The van der Waals surface area contributed by atoms with Crippen LogP contribution in [0.4, 0.5) is 32.2 Å². The minimum Gasteiger partial charge on any atom is -0.382 e. The molecule has 4 aromatic rings. The third-order valence-corrected chi connectivity index (χ3v) is 6.74. The third kappa shape index (κ3) is 4.90. The summed E-state index contributed by atoms with van der Waals surface area (Å²) in [6, 6.07) is 5.69. The number of anilines is 1. The van der Waals surface area contributed by atoms with Gasteiger partial charge < -0.3 is 16.0 Å². The Hall–Kier alpha value is -4.33. The summed E-state index contributed by atoms with van der Waals surface area (Å²) in [6.07, 6.45) is -5.57. The van der Waals surface area contributed by atoms with Crippen molar-refractivity contribution < 1.29 is 35.9 Å². The second kappa shape index (κ2) is 10.0. The van der Waals surface area contributed by atoms with Crippen molar-refractivity contribution in [1.82, 2.24) is 24.8 Å². The summed E-state index contributed by atoms with van der Waals surface area (Å²) < 4.78 is 84.3. The molecule has 0 spiro atoms. The van der Waals surface area contributed by atoms with E-state index in [2.05, 4.69) is 15.4 Å². The van der Waals surface area contributed by atoms with Gasteiger partial charge in [0.05, 0.1) is 40.0 Å². The number of alkyl halides is 4. The van der Waals surface area contributed by atoms with Crippen molar-refractivity contribution in [1.29, 1.82) is 0 Å². The van der Waals surface area contributed by atoms with Crippen LogP contribution < -0.4 is 11.1 Å². The van der Waals surface area contributed by atoms with Crippen LogP contribution in [0, 0.1) is 11.6 Å². The largest absolute Gasteiger partial charge is 0.418 e. The lowest BCUT2D eigenvalue weighted by atomic mass is 10.1. The number of benzene rings is 2. The fourth-order valence-corrected chi connectivity index (χ4v) is 4.70. The lowest BCUT2D eigenvalue weighted by molar-refractivity contribution is -0.136. The SMILES string of the molecule is Nc1ncnn2c(-c3ccc(Cl)c(C(=O)N[C@@H]4CN(C(=O)c5cc(F)ccc5F)C[C@@H]4F)c3)cc(C(F)(F)F)c12. The van der Waals surface area contributed by atoms with Crippen molar-refractivity contribution in [2.45, 2.75) is 18.4 Å². The van der Waals surface area contributed by atoms with Crippen LogP contribution in [0.2, 0.25) is 5.02 Å². The van der Waals surface area contributed by atoms with Crippen LogP contribution in [0.1, 0.15) is 26.3 Å². The molecule has 8 nitrogen and oxygen atoms in total. The summed E-state index contributed by atoms with van der Waals surface area (Å²) in [5.41, 5.74) is 3.37. The van der Waals surface area contributed by atoms with Crippen LogP contribution in [0.15, 0.2) is 48.8 Å². The Kier molecular flexibility index (Phi) is 6.82. The number of amides is 2. The zero-order chi connectivity index (χ0) is 28.9. The Balaban J connectivity index is 1.41. The highest BCUT2D eigenvalue weighted by atomic mass is 35.5. The molecule has 2 aromatic carbocycles. The van der Waals surface area contributed by atoms with Gasteiger partial charge in [0.2, 0.25) is 0 Å². The van der Waals surface area contributed by atoms with Crippen LogP contribution in [0.3, 0.4) is 0 Å². The predicted octanol–water partition coefficient (Wildman–Crippen LogP) is 4.52. The minimum atomic E-state index is -4.79. The van der Waals surface area contributed by atoms with Crippen molar-refractivity contribution in [3.05, 3.63) is 82.1 Å². The van der Waals surface area contributed by atoms with Gasteiger partial charge in [-0.25, -0.2) is 22.7 Å². The number of halogens is 7. The summed E-state index contributed by atoms with van der Waals surface area (Å²) in [7, 11) is 0. The van der Waals surface area contributed by atoms with Gasteiger partial charge in [-0.15, -0.1) is 0 Å². The number of aromatic nitrogens is 3. The maximum atomic E-state index is 14.8. The number of hydrogen-bond acceptors (Lipinski definition) is 5. The van der Waals surface area contributed by atoms with E-state index in [1.54, 1.807) is 0 Å². The lowest BCUT2D eigenvalue weighted by Crippen LogP contribution is -2.42. The molecular formula is C25H17ClF6N6O2. The summed E-state index contributed by atoms with van der Waals surface area (Å²) in [5, 5.41) is 6.18. The van der Waals surface area contributed by atoms with E-state index in [1.165, 1.54) is 18.2 Å². The molecule has 0 bridgehead atoms. The molecule has 15 heteroatoms. The minimum absolute atomic E-state index is 0.0692. The summed E-state index contributed by atoms with van der Waals surface area (Å²) in [6.45, 7) is -0.849. The number of carbonyl (C=O) groups is 2. The van der Waals surface area contributed by atoms with Crippen LogP contribution >= 0.6 is 11.6 Å². The molecule has 1 saturated heterocycles. The first-order valence-corrected chi connectivity index (χ1v) is 11.9. The Morgan fingerprint density at radius 1 is 1.05 bits per heavy atom. The van der Waals surface area contributed by atoms with Gasteiger partial charge in [0.15, 0.2) is 5.82 Å². The number of fused-ring (bicyclic) bond motifs is 1. The smallest absolute Gasteiger partial charge is 0.382 e. The molecule has 1 aliphatic heterocycles. The number of nitrogen functional groups attached to an aromatic ring is 1. The molecule has 208 valence electrons.